The molecule has 0 atom stereocenters. The lowest BCUT2D eigenvalue weighted by Crippen LogP contribution is -2.15. The molecule has 0 aliphatic carbocycles. The van der Waals surface area contributed by atoms with Crippen LogP contribution in [0.15, 0.2) is 126 Å². The molecule has 0 bridgehead atoms. The maximum Gasteiger partial charge on any atom is 0.332 e. The zero-order valence-electron chi connectivity index (χ0n) is 27.3. The van der Waals surface area contributed by atoms with Crippen molar-refractivity contribution in [1.29, 1.82) is 0 Å². The van der Waals surface area contributed by atoms with Gasteiger partial charge in [-0.1, -0.05) is 71.0 Å². The van der Waals surface area contributed by atoms with Crippen LogP contribution in [0, 0.1) is 6.92 Å². The second-order valence-corrected chi connectivity index (χ2v) is 11.5. The number of carbonyl (C=O) groups excluding carboxylic acids is 4. The second kappa shape index (κ2) is 13.7. The Balaban J connectivity index is 1.54. The summed E-state index contributed by atoms with van der Waals surface area (Å²) in [6.07, 6.45) is 0. The Bertz CT molecular complexity index is 2330. The maximum atomic E-state index is 13.7. The Morgan fingerprint density at radius 3 is 1.71 bits per heavy atom. The molecule has 0 N–H and O–H groups in total. The van der Waals surface area contributed by atoms with E-state index in [9.17, 15) is 19.2 Å². The number of aryl methyl sites for hydroxylation is 1. The van der Waals surface area contributed by atoms with Crippen molar-refractivity contribution in [2.75, 3.05) is 0 Å². The van der Waals surface area contributed by atoms with Crippen molar-refractivity contribution in [3.63, 3.8) is 0 Å². The number of nitrogens with zero attached hydrogens (tertiary/aromatic N) is 3. The van der Waals surface area contributed by atoms with Gasteiger partial charge in [0, 0.05) is 58.1 Å². The molecular formula is C40H31N3O6. The van der Waals surface area contributed by atoms with E-state index in [1.807, 2.05) is 91.9 Å². The summed E-state index contributed by atoms with van der Waals surface area (Å²) in [7, 11) is 0. The lowest BCUT2D eigenvalue weighted by molar-refractivity contribution is -0.142. The molecule has 0 amide bonds. The van der Waals surface area contributed by atoms with Crippen LogP contribution in [0.3, 0.4) is 0 Å². The Hall–Kier alpha value is -6.48. The van der Waals surface area contributed by atoms with Gasteiger partial charge >= 0.3 is 11.9 Å². The van der Waals surface area contributed by atoms with Crippen LogP contribution in [0.5, 0.6) is 0 Å². The fraction of sp³-hybridized carbons (Fsp3) is 0.100. The predicted octanol–water partition coefficient (Wildman–Crippen LogP) is 7.76. The number of rotatable bonds is 9. The summed E-state index contributed by atoms with van der Waals surface area (Å²) in [6.45, 7) is 5.93. The largest absolute Gasteiger partial charge is 0.332 e. The highest BCUT2D eigenvalue weighted by atomic mass is 16.7. The molecule has 0 unspecified atom stereocenters. The molecule has 0 radical (unpaired) electrons. The zero-order valence-corrected chi connectivity index (χ0v) is 27.3. The summed E-state index contributed by atoms with van der Waals surface area (Å²) >= 11 is 0. The Kier molecular flexibility index (Phi) is 9.08. The number of hydrogen-bond acceptors (Lipinski definition) is 8. The van der Waals surface area contributed by atoms with Gasteiger partial charge in [-0.05, 0) is 74.0 Å². The molecular weight excluding hydrogens is 618 g/mol. The fourth-order valence-electron chi connectivity index (χ4n) is 5.70. The van der Waals surface area contributed by atoms with Gasteiger partial charge in [0.15, 0.2) is 11.6 Å². The Morgan fingerprint density at radius 1 is 0.551 bits per heavy atom. The first kappa shape index (κ1) is 32.5. The van der Waals surface area contributed by atoms with Crippen LogP contribution >= 0.6 is 0 Å². The lowest BCUT2D eigenvalue weighted by atomic mass is 9.97. The van der Waals surface area contributed by atoms with Crippen molar-refractivity contribution in [3.8, 4) is 5.69 Å². The number of fused-ring (bicyclic) bond motifs is 3. The quantitative estimate of drug-likeness (QED) is 0.0684. The Morgan fingerprint density at radius 2 is 1.08 bits per heavy atom. The molecule has 0 spiro atoms. The van der Waals surface area contributed by atoms with Crippen molar-refractivity contribution in [3.05, 3.63) is 149 Å². The van der Waals surface area contributed by atoms with Crippen molar-refractivity contribution < 1.29 is 28.9 Å². The smallest absolute Gasteiger partial charge is 0.318 e. The average molecular weight is 650 g/mol. The molecule has 9 nitrogen and oxygen atoms in total. The molecule has 1 heterocycles. The zero-order chi connectivity index (χ0) is 34.7. The highest BCUT2D eigenvalue weighted by Gasteiger charge is 2.20. The van der Waals surface area contributed by atoms with E-state index in [-0.39, 0.29) is 23.0 Å². The predicted molar refractivity (Wildman–Crippen MR) is 188 cm³/mol. The molecule has 5 aromatic carbocycles. The molecule has 0 aliphatic heterocycles. The van der Waals surface area contributed by atoms with Crippen LogP contribution in [-0.2, 0) is 19.3 Å². The third kappa shape index (κ3) is 6.68. The van der Waals surface area contributed by atoms with E-state index < -0.39 is 11.9 Å². The van der Waals surface area contributed by atoms with Gasteiger partial charge in [0.1, 0.15) is 11.4 Å². The van der Waals surface area contributed by atoms with E-state index in [0.29, 0.717) is 27.8 Å². The van der Waals surface area contributed by atoms with E-state index in [1.165, 1.54) is 13.8 Å². The van der Waals surface area contributed by atoms with E-state index in [0.717, 1.165) is 33.1 Å². The molecule has 0 fully saturated rings. The first-order chi connectivity index (χ1) is 23.6. The Labute approximate surface area is 282 Å². The highest BCUT2D eigenvalue weighted by Crippen LogP contribution is 2.34. The maximum absolute atomic E-state index is 13.7. The van der Waals surface area contributed by atoms with Gasteiger partial charge in [0.05, 0.1) is 11.0 Å². The van der Waals surface area contributed by atoms with Crippen LogP contribution in [0.1, 0.15) is 63.7 Å². The van der Waals surface area contributed by atoms with Crippen LogP contribution in [-0.4, -0.2) is 39.5 Å². The molecule has 49 heavy (non-hydrogen) atoms. The number of ketones is 2. The molecule has 1 aromatic heterocycles. The number of hydrogen-bond donors (Lipinski definition) is 0. The first-order valence-electron chi connectivity index (χ1n) is 15.5. The van der Waals surface area contributed by atoms with E-state index >= 15 is 0 Å². The van der Waals surface area contributed by atoms with Crippen LogP contribution in [0.4, 0.5) is 0 Å². The number of carbonyl (C=O) groups is 4. The average Bonchev–Trinajstić information content (AvgIpc) is 3.43. The topological polar surface area (TPSA) is 116 Å². The van der Waals surface area contributed by atoms with Crippen LogP contribution in [0.25, 0.3) is 27.5 Å². The monoisotopic (exact) mass is 649 g/mol. The molecule has 0 saturated heterocycles. The number of aromatic nitrogens is 1. The summed E-state index contributed by atoms with van der Waals surface area (Å²) in [5, 5.41) is 9.44. The standard InChI is InChI=1S/C40H31N3O6/c1-24-10-8-9-13-33(24)40(47)31-17-21-37-35(23-31)34-22-30(38(42-49-27(4)45)25(2)41-48-26(3)44)16-20-36(34)43(37)32-18-14-29(15-19-32)39(46)28-11-6-5-7-12-28/h5-23H,1-4H3. The van der Waals surface area contributed by atoms with Crippen LogP contribution in [0.2, 0.25) is 0 Å². The second-order valence-electron chi connectivity index (χ2n) is 11.5. The molecule has 242 valence electrons. The third-order valence-corrected chi connectivity index (χ3v) is 8.03. The van der Waals surface area contributed by atoms with Gasteiger partial charge in [0.2, 0.25) is 0 Å². The van der Waals surface area contributed by atoms with Crippen molar-refractivity contribution in [2.45, 2.75) is 27.7 Å². The van der Waals surface area contributed by atoms with Gasteiger partial charge in [-0.15, -0.1) is 0 Å². The van der Waals surface area contributed by atoms with E-state index in [2.05, 4.69) is 14.9 Å². The molecule has 0 aliphatic rings. The molecule has 0 saturated carbocycles. The summed E-state index contributed by atoms with van der Waals surface area (Å²) < 4.78 is 2.05. The van der Waals surface area contributed by atoms with Crippen molar-refractivity contribution >= 4 is 56.7 Å². The minimum atomic E-state index is -0.635. The van der Waals surface area contributed by atoms with Gasteiger partial charge in [0.25, 0.3) is 0 Å². The van der Waals surface area contributed by atoms with Gasteiger partial charge < -0.3 is 14.2 Å². The molecule has 9 heteroatoms. The number of oxime groups is 2. The van der Waals surface area contributed by atoms with E-state index in [1.54, 1.807) is 37.3 Å². The van der Waals surface area contributed by atoms with Gasteiger partial charge in [-0.2, -0.15) is 0 Å². The minimum Gasteiger partial charge on any atom is -0.318 e. The van der Waals surface area contributed by atoms with Gasteiger partial charge in [-0.3, -0.25) is 9.59 Å². The lowest BCUT2D eigenvalue weighted by Gasteiger charge is -2.10. The number of benzene rings is 5. The summed E-state index contributed by atoms with van der Waals surface area (Å²) in [6, 6.07) is 35.0. The normalized spacial score (nSPS) is 11.8. The van der Waals surface area contributed by atoms with Gasteiger partial charge in [-0.25, -0.2) is 9.59 Å². The summed E-state index contributed by atoms with van der Waals surface area (Å²) in [5.41, 5.74) is 6.48. The van der Waals surface area contributed by atoms with Crippen molar-refractivity contribution in [2.24, 2.45) is 10.3 Å². The highest BCUT2D eigenvalue weighted by molar-refractivity contribution is 6.47. The molecule has 6 aromatic rings. The van der Waals surface area contributed by atoms with Crippen molar-refractivity contribution in [1.82, 2.24) is 4.57 Å². The van der Waals surface area contributed by atoms with E-state index in [4.69, 9.17) is 9.68 Å². The minimum absolute atomic E-state index is 0.0799. The third-order valence-electron chi connectivity index (χ3n) is 8.03. The SMILES string of the molecule is CC(=O)ON=C(C)C(=NOC(C)=O)c1ccc2c(c1)c1cc(C(=O)c3ccccc3C)ccc1n2-c1ccc(C(=O)c2ccccc2)cc1. The first-order valence-corrected chi connectivity index (χ1v) is 15.5. The summed E-state index contributed by atoms with van der Waals surface area (Å²) in [5.74, 6) is -1.44. The fourth-order valence-corrected chi connectivity index (χ4v) is 5.70. The molecule has 6 rings (SSSR count). The summed E-state index contributed by atoms with van der Waals surface area (Å²) in [4.78, 5) is 59.8. The van der Waals surface area contributed by atoms with Crippen LogP contribution < -0.4 is 0 Å².